The molecular formula is C45H56N4O17Si. The summed E-state index contributed by atoms with van der Waals surface area (Å²) in [5, 5.41) is 96.9. The molecule has 67 heavy (non-hydrogen) atoms. The van der Waals surface area contributed by atoms with Gasteiger partial charge in [0, 0.05) is 34.9 Å². The van der Waals surface area contributed by atoms with Crippen LogP contribution in [0.3, 0.4) is 0 Å². The van der Waals surface area contributed by atoms with E-state index in [1.165, 1.54) is 35.2 Å². The lowest BCUT2D eigenvalue weighted by molar-refractivity contribution is -0.274. The van der Waals surface area contributed by atoms with Crippen LogP contribution in [-0.4, -0.2) is 168 Å². The van der Waals surface area contributed by atoms with Crippen molar-refractivity contribution < 1.29 is 84.1 Å². The summed E-state index contributed by atoms with van der Waals surface area (Å²) in [7, 11) is -3.35. The van der Waals surface area contributed by atoms with E-state index in [9.17, 15) is 65.1 Å². The number of carbonyl (C=O) groups excluding carboxylic acids is 4. The number of aliphatic hydroxyl groups excluding tert-OH is 9. The van der Waals surface area contributed by atoms with Gasteiger partial charge in [-0.3, -0.25) is 19.2 Å². The van der Waals surface area contributed by atoms with Crippen LogP contribution >= 0.6 is 0 Å². The van der Waals surface area contributed by atoms with Crippen LogP contribution in [0.15, 0.2) is 66.7 Å². The van der Waals surface area contributed by atoms with Gasteiger partial charge in [0.2, 0.25) is 5.91 Å². The molecule has 15 atom stereocenters. The minimum Gasteiger partial charge on any atom is -0.432 e. The van der Waals surface area contributed by atoms with Gasteiger partial charge in [-0.05, 0) is 66.5 Å². The van der Waals surface area contributed by atoms with Gasteiger partial charge < -0.3 is 85.4 Å². The quantitative estimate of drug-likeness (QED) is 0.0964. The topological polar surface area (TPSA) is 329 Å². The average molecular weight is 953 g/mol. The SMILES string of the molecule is C[C@H]1[C@H]([Si](C)(C)O)[C@@H](CC(=O)N2Cc3ccccc3C[C@H]2CO)O[C@]12C(=O)N(Cc1cccc(NC(=O)[C@H]3O[C@@H](O)[C@H](O)[C@@H](O)[C@@H]3O)c1)c1ccc(NC(=O)[C@H]3O[C@@H](O)[C@H](O)[C@@H](O)[C@@H]3O)cc12. The largest absolute Gasteiger partial charge is 0.432 e. The summed E-state index contributed by atoms with van der Waals surface area (Å²) in [5.74, 6) is -3.71. The molecule has 4 amide bonds. The summed E-state index contributed by atoms with van der Waals surface area (Å²) in [6.07, 6.45) is -19.8. The van der Waals surface area contributed by atoms with Crippen molar-refractivity contribution in [1.29, 1.82) is 0 Å². The van der Waals surface area contributed by atoms with Crippen LogP contribution < -0.4 is 15.5 Å². The van der Waals surface area contributed by atoms with Gasteiger partial charge in [-0.25, -0.2) is 0 Å². The Kier molecular flexibility index (Phi) is 13.5. The molecule has 0 aliphatic carbocycles. The van der Waals surface area contributed by atoms with Crippen molar-refractivity contribution in [3.63, 3.8) is 0 Å². The second kappa shape index (κ2) is 18.6. The molecule has 0 bridgehead atoms. The number of amides is 4. The van der Waals surface area contributed by atoms with E-state index in [2.05, 4.69) is 10.6 Å². The van der Waals surface area contributed by atoms with Gasteiger partial charge in [0.05, 0.1) is 37.4 Å². The van der Waals surface area contributed by atoms with Crippen molar-refractivity contribution in [1.82, 2.24) is 4.90 Å². The molecule has 0 unspecified atom stereocenters. The van der Waals surface area contributed by atoms with Crippen LogP contribution in [-0.2, 0) is 58.5 Å². The molecule has 12 N–H and O–H groups in total. The molecule has 3 saturated heterocycles. The number of hydrogen-bond acceptors (Lipinski definition) is 17. The molecule has 362 valence electrons. The normalized spacial score (nSPS) is 35.0. The fraction of sp³-hybridized carbons (Fsp3) is 0.511. The lowest BCUT2D eigenvalue weighted by Gasteiger charge is -2.37. The molecule has 1 spiro atoms. The number of carbonyl (C=O) groups is 4. The zero-order chi connectivity index (χ0) is 48.4. The number of hydrogen-bond donors (Lipinski definition) is 12. The zero-order valence-corrected chi connectivity index (χ0v) is 37.7. The number of anilines is 3. The van der Waals surface area contributed by atoms with Gasteiger partial charge in [-0.15, -0.1) is 0 Å². The van der Waals surface area contributed by atoms with E-state index in [1.54, 1.807) is 37.1 Å². The third kappa shape index (κ3) is 8.80. The lowest BCUT2D eigenvalue weighted by Crippen LogP contribution is -2.60. The van der Waals surface area contributed by atoms with E-state index in [1.807, 2.05) is 24.3 Å². The first-order valence-electron chi connectivity index (χ1n) is 22.0. The van der Waals surface area contributed by atoms with Crippen molar-refractivity contribution in [2.45, 2.75) is 131 Å². The molecule has 0 saturated carbocycles. The number of fused-ring (bicyclic) bond motifs is 3. The molecule has 5 aliphatic heterocycles. The summed E-state index contributed by atoms with van der Waals surface area (Å²) in [6, 6.07) is 17.8. The maximum absolute atomic E-state index is 15.4. The van der Waals surface area contributed by atoms with E-state index < -0.39 is 117 Å². The summed E-state index contributed by atoms with van der Waals surface area (Å²) < 4.78 is 17.1. The predicted octanol–water partition coefficient (Wildman–Crippen LogP) is -2.16. The highest BCUT2D eigenvalue weighted by Crippen LogP contribution is 2.60. The highest BCUT2D eigenvalue weighted by Gasteiger charge is 2.67. The first-order valence-corrected chi connectivity index (χ1v) is 25.0. The number of nitrogens with zero attached hydrogens (tertiary/aromatic N) is 2. The third-order valence-corrected chi connectivity index (χ3v) is 16.2. The van der Waals surface area contributed by atoms with Crippen LogP contribution in [0.5, 0.6) is 0 Å². The third-order valence-electron chi connectivity index (χ3n) is 13.7. The zero-order valence-electron chi connectivity index (χ0n) is 36.7. The lowest BCUT2D eigenvalue weighted by atomic mass is 9.82. The number of rotatable bonds is 10. The maximum atomic E-state index is 15.4. The first kappa shape index (κ1) is 48.7. The summed E-state index contributed by atoms with van der Waals surface area (Å²) in [6.45, 7) is 4.90. The summed E-state index contributed by atoms with van der Waals surface area (Å²) in [4.78, 5) is 71.5. The second-order valence-corrected chi connectivity index (χ2v) is 22.5. The highest BCUT2D eigenvalue weighted by atomic mass is 28.4. The Hall–Kier alpha value is -4.76. The van der Waals surface area contributed by atoms with Gasteiger partial charge in [-0.1, -0.05) is 43.3 Å². The van der Waals surface area contributed by atoms with E-state index in [0.29, 0.717) is 17.7 Å². The number of aliphatic hydroxyl groups is 9. The fourth-order valence-electron chi connectivity index (χ4n) is 10.4. The smallest absolute Gasteiger partial charge is 0.264 e. The van der Waals surface area contributed by atoms with E-state index in [-0.39, 0.29) is 49.0 Å². The molecule has 5 aliphatic rings. The Labute approximate surface area is 384 Å². The number of benzene rings is 3. The maximum Gasteiger partial charge on any atom is 0.264 e. The standard InChI is InChI=1S/C45H56N4O17Si/c1-20-39(67(2,3)63)29(16-30(51)48-18-23-9-5-4-8-22(23)14-26(48)19-50)66-45(20)27-15-25(47-41(59)38-34(55)32(53)36(57)43(61)65-38)11-12-28(27)49(44(45)62)17-21-7-6-10-24(13-21)46-40(58)37-33(54)31(52)35(56)42(60)64-37/h4-13,15,20,26,29,31-39,42-43,50,52-57,60-61,63H,14,16-19H2,1-3H3,(H,46,58)(H,47,59)/t20-,26-,29+,31-,32-,33-,34-,35+,36+,37-,38-,39-,42+,43+,45+/m0/s1. The number of nitrogens with one attached hydrogen (secondary N) is 2. The Morgan fingerprint density at radius 2 is 1.34 bits per heavy atom. The van der Waals surface area contributed by atoms with Crippen LogP contribution in [0.1, 0.15) is 35.6 Å². The van der Waals surface area contributed by atoms with Crippen molar-refractivity contribution in [3.05, 3.63) is 89.0 Å². The van der Waals surface area contributed by atoms with Gasteiger partial charge in [0.25, 0.3) is 17.7 Å². The van der Waals surface area contributed by atoms with E-state index >= 15 is 4.79 Å². The van der Waals surface area contributed by atoms with Crippen LogP contribution in [0.4, 0.5) is 17.1 Å². The van der Waals surface area contributed by atoms with E-state index in [0.717, 1.165) is 11.1 Å². The van der Waals surface area contributed by atoms with Crippen LogP contribution in [0.25, 0.3) is 0 Å². The Morgan fingerprint density at radius 3 is 1.93 bits per heavy atom. The van der Waals surface area contributed by atoms with Crippen molar-refractivity contribution in [3.8, 4) is 0 Å². The second-order valence-electron chi connectivity index (χ2n) is 18.5. The fourth-order valence-corrected chi connectivity index (χ4v) is 12.9. The summed E-state index contributed by atoms with van der Waals surface area (Å²) >= 11 is 0. The Morgan fingerprint density at radius 1 is 0.761 bits per heavy atom. The Bertz CT molecular complexity index is 2390. The molecule has 3 aromatic carbocycles. The van der Waals surface area contributed by atoms with E-state index in [4.69, 9.17) is 14.2 Å². The summed E-state index contributed by atoms with van der Waals surface area (Å²) in [5.41, 5.74) is 0.559. The predicted molar refractivity (Wildman–Crippen MR) is 234 cm³/mol. The molecular weight excluding hydrogens is 897 g/mol. The van der Waals surface area contributed by atoms with Crippen LogP contribution in [0.2, 0.25) is 18.6 Å². The van der Waals surface area contributed by atoms with Gasteiger partial charge in [0.1, 0.15) is 36.6 Å². The average Bonchev–Trinajstić information content (AvgIpc) is 3.71. The van der Waals surface area contributed by atoms with Gasteiger partial charge in [-0.2, -0.15) is 0 Å². The molecule has 8 rings (SSSR count). The molecule has 3 aromatic rings. The highest BCUT2D eigenvalue weighted by molar-refractivity contribution is 6.71. The van der Waals surface area contributed by atoms with Gasteiger partial charge >= 0.3 is 0 Å². The van der Waals surface area contributed by atoms with Gasteiger partial charge in [0.15, 0.2) is 38.7 Å². The van der Waals surface area contributed by atoms with Crippen molar-refractivity contribution >= 4 is 49.0 Å². The monoisotopic (exact) mass is 952 g/mol. The molecule has 5 heterocycles. The van der Waals surface area contributed by atoms with Crippen molar-refractivity contribution in [2.75, 3.05) is 22.1 Å². The van der Waals surface area contributed by atoms with Crippen LogP contribution in [0, 0.1) is 5.92 Å². The minimum atomic E-state index is -3.35. The minimum absolute atomic E-state index is 0.0633. The molecule has 0 aromatic heterocycles. The first-order chi connectivity index (χ1) is 31.7. The number of ether oxygens (including phenoxy) is 3. The Balaban J connectivity index is 1.12. The molecule has 22 heteroatoms. The molecule has 21 nitrogen and oxygen atoms in total. The molecule has 0 radical (unpaired) electrons. The molecule has 3 fully saturated rings. The van der Waals surface area contributed by atoms with Crippen molar-refractivity contribution in [2.24, 2.45) is 5.92 Å².